The number of benzene rings is 1. The Kier molecular flexibility index (Phi) is 6.47. The molecule has 0 spiro atoms. The fourth-order valence-corrected chi connectivity index (χ4v) is 4.88. The Labute approximate surface area is 212 Å². The molecule has 4 aromatic rings. The maximum absolute atomic E-state index is 13.9. The van der Waals surface area contributed by atoms with E-state index in [1.165, 1.54) is 4.57 Å². The van der Waals surface area contributed by atoms with Gasteiger partial charge in [0.05, 0.1) is 24.7 Å². The Balaban J connectivity index is 1.74. The molecule has 1 aliphatic heterocycles. The molecule has 0 amide bonds. The summed E-state index contributed by atoms with van der Waals surface area (Å²) < 4.78 is 4.03. The number of rotatable bonds is 5. The van der Waals surface area contributed by atoms with E-state index in [9.17, 15) is 14.9 Å². The Morgan fingerprint density at radius 1 is 1.11 bits per heavy atom. The van der Waals surface area contributed by atoms with Gasteiger partial charge in [-0.15, -0.1) is 5.92 Å². The first-order valence-electron chi connectivity index (χ1n) is 12.2. The van der Waals surface area contributed by atoms with Crippen molar-refractivity contribution in [1.29, 1.82) is 5.26 Å². The molecule has 1 aromatic carbocycles. The molecule has 37 heavy (non-hydrogen) atoms. The van der Waals surface area contributed by atoms with Gasteiger partial charge >= 0.3 is 5.69 Å². The molecular formula is C26H27N9O2. The second kappa shape index (κ2) is 9.88. The lowest BCUT2D eigenvalue weighted by Crippen LogP contribution is -2.44. The van der Waals surface area contributed by atoms with Crippen molar-refractivity contribution in [3.05, 3.63) is 56.6 Å². The predicted octanol–water partition coefficient (Wildman–Crippen LogP) is 1.13. The van der Waals surface area contributed by atoms with Crippen LogP contribution in [0.2, 0.25) is 0 Å². The zero-order valence-corrected chi connectivity index (χ0v) is 20.8. The molecule has 1 fully saturated rings. The van der Waals surface area contributed by atoms with E-state index in [-0.39, 0.29) is 36.8 Å². The fourth-order valence-electron chi connectivity index (χ4n) is 4.88. The highest BCUT2D eigenvalue weighted by Crippen LogP contribution is 2.23. The second-order valence-corrected chi connectivity index (χ2v) is 9.11. The lowest BCUT2D eigenvalue weighted by molar-refractivity contribution is 0.496. The molecule has 2 N–H and O–H groups in total. The van der Waals surface area contributed by atoms with Crippen molar-refractivity contribution in [1.82, 2.24) is 28.7 Å². The van der Waals surface area contributed by atoms with Gasteiger partial charge in [-0.05, 0) is 32.8 Å². The summed E-state index contributed by atoms with van der Waals surface area (Å²) in [5.74, 6) is 6.73. The molecular weight excluding hydrogens is 470 g/mol. The highest BCUT2D eigenvalue weighted by molar-refractivity contribution is 5.80. The zero-order chi connectivity index (χ0) is 26.1. The summed E-state index contributed by atoms with van der Waals surface area (Å²) in [7, 11) is 0. The van der Waals surface area contributed by atoms with E-state index in [0.717, 1.165) is 40.6 Å². The van der Waals surface area contributed by atoms with Gasteiger partial charge in [0.2, 0.25) is 5.95 Å². The summed E-state index contributed by atoms with van der Waals surface area (Å²) in [5.41, 5.74) is 6.90. The highest BCUT2D eigenvalue weighted by Gasteiger charge is 2.27. The number of hydrogen-bond acceptors (Lipinski definition) is 8. The van der Waals surface area contributed by atoms with Crippen molar-refractivity contribution in [2.24, 2.45) is 5.73 Å². The average Bonchev–Trinajstić information content (AvgIpc) is 3.27. The normalized spacial score (nSPS) is 15.5. The van der Waals surface area contributed by atoms with Gasteiger partial charge in [-0.2, -0.15) is 10.2 Å². The van der Waals surface area contributed by atoms with Gasteiger partial charge in [-0.3, -0.25) is 18.5 Å². The van der Waals surface area contributed by atoms with Crippen LogP contribution in [0.3, 0.4) is 0 Å². The quantitative estimate of drug-likeness (QED) is 0.405. The number of nitriles is 1. The minimum atomic E-state index is -0.637. The summed E-state index contributed by atoms with van der Waals surface area (Å²) in [6, 6.07) is 9.57. The first-order chi connectivity index (χ1) is 17.9. The van der Waals surface area contributed by atoms with Crippen LogP contribution in [-0.2, 0) is 19.6 Å². The summed E-state index contributed by atoms with van der Waals surface area (Å²) in [5, 5.41) is 10.4. The molecule has 11 nitrogen and oxygen atoms in total. The molecule has 1 atom stereocenters. The Morgan fingerprint density at radius 3 is 2.68 bits per heavy atom. The van der Waals surface area contributed by atoms with E-state index < -0.39 is 11.2 Å². The third kappa shape index (κ3) is 4.34. The number of fused-ring (bicyclic) bond motifs is 2. The van der Waals surface area contributed by atoms with E-state index >= 15 is 0 Å². The van der Waals surface area contributed by atoms with E-state index in [4.69, 9.17) is 10.7 Å². The number of aromatic nitrogens is 6. The number of hydrogen-bond donors (Lipinski definition) is 1. The lowest BCUT2D eigenvalue weighted by atomic mass is 10.1. The molecule has 1 unspecified atom stereocenters. The van der Waals surface area contributed by atoms with Crippen LogP contribution in [0.5, 0.6) is 0 Å². The Bertz CT molecular complexity index is 1730. The van der Waals surface area contributed by atoms with Crippen LogP contribution in [-0.4, -0.2) is 47.8 Å². The number of para-hydroxylation sites is 1. The Hall–Kier alpha value is -4.48. The molecule has 3 aromatic heterocycles. The second-order valence-electron chi connectivity index (χ2n) is 9.11. The monoisotopic (exact) mass is 497 g/mol. The van der Waals surface area contributed by atoms with Gasteiger partial charge in [0.1, 0.15) is 12.4 Å². The third-order valence-corrected chi connectivity index (χ3v) is 6.62. The van der Waals surface area contributed by atoms with Crippen molar-refractivity contribution in [3.8, 4) is 17.9 Å². The zero-order valence-electron chi connectivity index (χ0n) is 20.8. The molecule has 0 radical (unpaired) electrons. The molecule has 5 rings (SSSR count). The lowest BCUT2D eigenvalue weighted by Gasteiger charge is -2.31. The van der Waals surface area contributed by atoms with Gasteiger partial charge in [-0.25, -0.2) is 14.8 Å². The number of aryl methyl sites for hydroxylation is 1. The van der Waals surface area contributed by atoms with E-state index in [1.54, 1.807) is 11.5 Å². The van der Waals surface area contributed by atoms with E-state index in [2.05, 4.69) is 21.8 Å². The molecule has 0 bridgehead atoms. The van der Waals surface area contributed by atoms with Crippen LogP contribution in [0.25, 0.3) is 22.1 Å². The van der Waals surface area contributed by atoms with Gasteiger partial charge < -0.3 is 10.6 Å². The molecule has 1 saturated heterocycles. The number of anilines is 1. The van der Waals surface area contributed by atoms with Crippen LogP contribution < -0.4 is 21.9 Å². The number of piperidine rings is 1. The first kappa shape index (κ1) is 24.2. The van der Waals surface area contributed by atoms with Crippen molar-refractivity contribution >= 4 is 28.0 Å². The number of imidazole rings is 1. The summed E-state index contributed by atoms with van der Waals surface area (Å²) in [6.45, 7) is 4.68. The molecule has 1 aliphatic rings. The topological polar surface area (TPSA) is 141 Å². The van der Waals surface area contributed by atoms with Crippen molar-refractivity contribution < 1.29 is 0 Å². The Morgan fingerprint density at radius 2 is 1.92 bits per heavy atom. The summed E-state index contributed by atoms with van der Waals surface area (Å²) >= 11 is 0. The molecule has 0 aliphatic carbocycles. The molecule has 11 heteroatoms. The van der Waals surface area contributed by atoms with Gasteiger partial charge in [0.15, 0.2) is 11.2 Å². The maximum Gasteiger partial charge on any atom is 0.334 e. The smallest absolute Gasteiger partial charge is 0.334 e. The van der Waals surface area contributed by atoms with Crippen LogP contribution in [0.1, 0.15) is 31.3 Å². The van der Waals surface area contributed by atoms with E-state index in [0.29, 0.717) is 18.3 Å². The minimum Gasteiger partial charge on any atom is -0.341 e. The minimum absolute atomic E-state index is 0.0227. The summed E-state index contributed by atoms with van der Waals surface area (Å²) in [6.07, 6.45) is 1.79. The highest BCUT2D eigenvalue weighted by atomic mass is 16.2. The van der Waals surface area contributed by atoms with Gasteiger partial charge in [0.25, 0.3) is 5.56 Å². The SMILES string of the molecule is CC#CCn1c(N2CCCC(N)C2)nc2c1c(=O)n(Cc1nc(C)c3ccccc3n1)c(=O)n2CC#N. The van der Waals surface area contributed by atoms with Gasteiger partial charge in [0, 0.05) is 30.2 Å². The van der Waals surface area contributed by atoms with Crippen molar-refractivity contribution in [2.75, 3.05) is 18.0 Å². The standard InChI is InChI=1S/C26H27N9O2/c1-3-4-13-33-22-23(31-25(33)32-12-7-8-18(28)15-32)34(14-11-27)26(37)35(24(22)36)16-21-29-17(2)19-9-5-6-10-20(19)30-21/h5-6,9-10,18H,7-8,12-16,28H2,1-2H3. The summed E-state index contributed by atoms with van der Waals surface area (Å²) in [4.78, 5) is 43.2. The molecule has 188 valence electrons. The predicted molar refractivity (Wildman–Crippen MR) is 140 cm³/mol. The van der Waals surface area contributed by atoms with Crippen LogP contribution in [0.4, 0.5) is 5.95 Å². The van der Waals surface area contributed by atoms with Crippen molar-refractivity contribution in [3.63, 3.8) is 0 Å². The van der Waals surface area contributed by atoms with Gasteiger partial charge in [-0.1, -0.05) is 24.1 Å². The molecule has 4 heterocycles. The number of nitrogens with zero attached hydrogens (tertiary/aromatic N) is 8. The van der Waals surface area contributed by atoms with Crippen LogP contribution >= 0.6 is 0 Å². The van der Waals surface area contributed by atoms with Crippen LogP contribution in [0.15, 0.2) is 33.9 Å². The third-order valence-electron chi connectivity index (χ3n) is 6.62. The molecule has 0 saturated carbocycles. The largest absolute Gasteiger partial charge is 0.341 e. The van der Waals surface area contributed by atoms with Crippen molar-refractivity contribution in [2.45, 2.75) is 52.4 Å². The maximum atomic E-state index is 13.9. The first-order valence-corrected chi connectivity index (χ1v) is 12.2. The number of nitrogens with two attached hydrogens (primary N) is 1. The fraction of sp³-hybridized carbons (Fsp3) is 0.385. The van der Waals surface area contributed by atoms with Crippen LogP contribution in [0, 0.1) is 30.1 Å². The average molecular weight is 498 g/mol. The van der Waals surface area contributed by atoms with E-state index in [1.807, 2.05) is 42.2 Å².